The first-order valence-corrected chi connectivity index (χ1v) is 8.95. The van der Waals surface area contributed by atoms with E-state index in [0.29, 0.717) is 18.4 Å². The quantitative estimate of drug-likeness (QED) is 0.518. The summed E-state index contributed by atoms with van der Waals surface area (Å²) in [6.07, 6.45) is 2.20. The minimum Gasteiger partial charge on any atom is -0.493 e. The number of hydrogen-bond acceptors (Lipinski definition) is 6. The summed E-state index contributed by atoms with van der Waals surface area (Å²) in [6, 6.07) is 12.6. The van der Waals surface area contributed by atoms with E-state index in [1.165, 1.54) is 17.7 Å². The number of nitro groups is 1. The van der Waals surface area contributed by atoms with Crippen LogP contribution in [0.1, 0.15) is 24.4 Å². The third kappa shape index (κ3) is 4.49. The molecule has 0 N–H and O–H groups in total. The van der Waals surface area contributed by atoms with Crippen LogP contribution in [0.15, 0.2) is 42.5 Å². The molecule has 1 aliphatic rings. The molecule has 2 aromatic carbocycles. The fourth-order valence-electron chi connectivity index (χ4n) is 3.50. The smallest absolute Gasteiger partial charge is 0.273 e. The van der Waals surface area contributed by atoms with Gasteiger partial charge in [-0.1, -0.05) is 12.1 Å². The average molecular weight is 372 g/mol. The van der Waals surface area contributed by atoms with Gasteiger partial charge in [0.05, 0.1) is 25.2 Å². The largest absolute Gasteiger partial charge is 0.493 e. The molecule has 1 atom stereocenters. The minimum atomic E-state index is -0.416. The highest BCUT2D eigenvalue weighted by Crippen LogP contribution is 2.36. The van der Waals surface area contributed by atoms with Crippen LogP contribution < -0.4 is 14.2 Å². The van der Waals surface area contributed by atoms with Crippen molar-refractivity contribution in [2.24, 2.45) is 0 Å². The highest BCUT2D eigenvalue weighted by atomic mass is 16.6. The van der Waals surface area contributed by atoms with Crippen LogP contribution >= 0.6 is 0 Å². The molecule has 7 nitrogen and oxygen atoms in total. The van der Waals surface area contributed by atoms with Crippen molar-refractivity contribution in [3.05, 3.63) is 58.1 Å². The maximum Gasteiger partial charge on any atom is 0.273 e. The molecule has 0 aromatic heterocycles. The molecular formula is C20H24N2O5. The summed E-state index contributed by atoms with van der Waals surface area (Å²) in [4.78, 5) is 12.8. The monoisotopic (exact) mass is 372 g/mol. The molecule has 0 spiro atoms. The van der Waals surface area contributed by atoms with E-state index in [1.54, 1.807) is 26.4 Å². The molecule has 27 heavy (non-hydrogen) atoms. The van der Waals surface area contributed by atoms with Crippen LogP contribution in [0.2, 0.25) is 0 Å². The molecule has 0 amide bonds. The summed E-state index contributed by atoms with van der Waals surface area (Å²) in [5.41, 5.74) is 1.23. The van der Waals surface area contributed by atoms with E-state index < -0.39 is 4.92 Å². The Labute approximate surface area is 158 Å². The van der Waals surface area contributed by atoms with Gasteiger partial charge in [0.2, 0.25) is 0 Å². The standard InChI is InChI=1S/C20H24N2O5/c1-25-19-9-8-15(13-20(19)26-2)18-7-4-10-21(18)11-12-27-17-6-3-5-16(14-17)22(23)24/h3,5-6,8-9,13-14,18H,4,7,10-12H2,1-2H3/t18-/m0/s1. The topological polar surface area (TPSA) is 74.1 Å². The molecule has 1 fully saturated rings. The first kappa shape index (κ1) is 19.0. The Kier molecular flexibility index (Phi) is 6.13. The minimum absolute atomic E-state index is 0.0388. The zero-order chi connectivity index (χ0) is 19.2. The molecule has 0 radical (unpaired) electrons. The van der Waals surface area contributed by atoms with Gasteiger partial charge in [0.15, 0.2) is 11.5 Å². The van der Waals surface area contributed by atoms with E-state index in [4.69, 9.17) is 14.2 Å². The number of non-ortho nitro benzene ring substituents is 1. The Morgan fingerprint density at radius 2 is 1.96 bits per heavy atom. The molecule has 0 unspecified atom stereocenters. The molecule has 3 rings (SSSR count). The third-order valence-corrected chi connectivity index (χ3v) is 4.83. The van der Waals surface area contributed by atoms with Crippen LogP contribution in [0, 0.1) is 10.1 Å². The van der Waals surface area contributed by atoms with Gasteiger partial charge in [-0.3, -0.25) is 15.0 Å². The third-order valence-electron chi connectivity index (χ3n) is 4.83. The molecule has 2 aromatic rings. The fourth-order valence-corrected chi connectivity index (χ4v) is 3.50. The van der Waals surface area contributed by atoms with Crippen molar-refractivity contribution in [3.63, 3.8) is 0 Å². The summed E-state index contributed by atoms with van der Waals surface area (Å²) in [5, 5.41) is 10.9. The number of rotatable bonds is 8. The fraction of sp³-hybridized carbons (Fsp3) is 0.400. The Bertz CT molecular complexity index is 796. The van der Waals surface area contributed by atoms with Crippen LogP contribution in [0.4, 0.5) is 5.69 Å². The van der Waals surface area contributed by atoms with Crippen LogP contribution in [-0.2, 0) is 0 Å². The second-order valence-electron chi connectivity index (χ2n) is 6.41. The lowest BCUT2D eigenvalue weighted by Gasteiger charge is -2.25. The van der Waals surface area contributed by atoms with Gasteiger partial charge in [0.1, 0.15) is 12.4 Å². The lowest BCUT2D eigenvalue weighted by Crippen LogP contribution is -2.28. The Hall–Kier alpha value is -2.80. The van der Waals surface area contributed by atoms with Crippen molar-refractivity contribution in [2.45, 2.75) is 18.9 Å². The number of nitro benzene ring substituents is 1. The van der Waals surface area contributed by atoms with Crippen molar-refractivity contribution in [1.29, 1.82) is 0 Å². The molecule has 1 aliphatic heterocycles. The SMILES string of the molecule is COc1ccc([C@@H]2CCCN2CCOc2cccc([N+](=O)[O-])c2)cc1OC. The second-order valence-corrected chi connectivity index (χ2v) is 6.41. The van der Waals surface area contributed by atoms with Gasteiger partial charge < -0.3 is 14.2 Å². The predicted molar refractivity (Wildman–Crippen MR) is 102 cm³/mol. The Morgan fingerprint density at radius 1 is 1.15 bits per heavy atom. The van der Waals surface area contributed by atoms with Gasteiger partial charge >= 0.3 is 0 Å². The average Bonchev–Trinajstić information content (AvgIpc) is 3.16. The van der Waals surface area contributed by atoms with E-state index in [1.807, 2.05) is 12.1 Å². The predicted octanol–water partition coefficient (Wildman–Crippen LogP) is 3.83. The number of likely N-dealkylation sites (tertiary alicyclic amines) is 1. The first-order chi connectivity index (χ1) is 13.1. The summed E-state index contributed by atoms with van der Waals surface area (Å²) >= 11 is 0. The highest BCUT2D eigenvalue weighted by Gasteiger charge is 2.26. The maximum atomic E-state index is 10.9. The number of hydrogen-bond donors (Lipinski definition) is 0. The van der Waals surface area contributed by atoms with E-state index in [9.17, 15) is 10.1 Å². The normalized spacial score (nSPS) is 16.9. The van der Waals surface area contributed by atoms with Gasteiger partial charge in [-0.15, -0.1) is 0 Å². The zero-order valence-corrected chi connectivity index (χ0v) is 15.6. The summed E-state index contributed by atoms with van der Waals surface area (Å²) in [7, 11) is 3.27. The maximum absolute atomic E-state index is 10.9. The van der Waals surface area contributed by atoms with Crippen LogP contribution in [-0.4, -0.2) is 43.7 Å². The van der Waals surface area contributed by atoms with Crippen molar-refractivity contribution >= 4 is 5.69 Å². The van der Waals surface area contributed by atoms with Gasteiger partial charge in [0.25, 0.3) is 5.69 Å². The van der Waals surface area contributed by atoms with Crippen molar-refractivity contribution in [3.8, 4) is 17.2 Å². The van der Waals surface area contributed by atoms with Gasteiger partial charge in [-0.25, -0.2) is 0 Å². The van der Waals surface area contributed by atoms with Gasteiger partial charge in [-0.05, 0) is 43.1 Å². The summed E-state index contributed by atoms with van der Waals surface area (Å²) in [6.45, 7) is 2.23. The van der Waals surface area contributed by atoms with E-state index in [0.717, 1.165) is 37.4 Å². The molecule has 0 saturated carbocycles. The second kappa shape index (κ2) is 8.73. The first-order valence-electron chi connectivity index (χ1n) is 8.95. The van der Waals surface area contributed by atoms with Crippen LogP contribution in [0.5, 0.6) is 17.2 Å². The van der Waals surface area contributed by atoms with E-state index in [-0.39, 0.29) is 5.69 Å². The zero-order valence-electron chi connectivity index (χ0n) is 15.6. The molecule has 0 aliphatic carbocycles. The molecular weight excluding hydrogens is 348 g/mol. The van der Waals surface area contributed by atoms with Crippen LogP contribution in [0.3, 0.4) is 0 Å². The summed E-state index contributed by atoms with van der Waals surface area (Å²) < 4.78 is 16.5. The number of benzene rings is 2. The van der Waals surface area contributed by atoms with Crippen molar-refractivity contribution in [1.82, 2.24) is 4.90 Å². The van der Waals surface area contributed by atoms with Gasteiger partial charge in [0, 0.05) is 18.7 Å². The highest BCUT2D eigenvalue weighted by molar-refractivity contribution is 5.44. The van der Waals surface area contributed by atoms with Crippen LogP contribution in [0.25, 0.3) is 0 Å². The number of ether oxygens (including phenoxy) is 3. The number of nitrogens with zero attached hydrogens (tertiary/aromatic N) is 2. The molecule has 1 heterocycles. The Balaban J connectivity index is 1.62. The number of methoxy groups -OCH3 is 2. The molecule has 1 saturated heterocycles. The summed E-state index contributed by atoms with van der Waals surface area (Å²) in [5.74, 6) is 1.97. The van der Waals surface area contributed by atoms with E-state index >= 15 is 0 Å². The van der Waals surface area contributed by atoms with E-state index in [2.05, 4.69) is 11.0 Å². The van der Waals surface area contributed by atoms with Crippen molar-refractivity contribution < 1.29 is 19.1 Å². The Morgan fingerprint density at radius 3 is 2.70 bits per heavy atom. The molecule has 144 valence electrons. The molecule has 0 bridgehead atoms. The molecule has 7 heteroatoms. The lowest BCUT2D eigenvalue weighted by atomic mass is 10.0. The lowest BCUT2D eigenvalue weighted by molar-refractivity contribution is -0.384. The van der Waals surface area contributed by atoms with Gasteiger partial charge in [-0.2, -0.15) is 0 Å². The van der Waals surface area contributed by atoms with Crippen molar-refractivity contribution in [2.75, 3.05) is 33.9 Å².